The number of rotatable bonds is 4. The van der Waals surface area contributed by atoms with E-state index in [0.29, 0.717) is 24.4 Å². The third-order valence-electron chi connectivity index (χ3n) is 2.57. The summed E-state index contributed by atoms with van der Waals surface area (Å²) in [4.78, 5) is 26.3. The fourth-order valence-electron chi connectivity index (χ4n) is 1.44. The maximum absolute atomic E-state index is 11.9. The third-order valence-corrected chi connectivity index (χ3v) is 3.72. The molecule has 0 saturated heterocycles. The van der Waals surface area contributed by atoms with Gasteiger partial charge in [-0.15, -0.1) is 11.3 Å². The lowest BCUT2D eigenvalue weighted by atomic mass is 10.2. The second-order valence-electron chi connectivity index (χ2n) is 4.42. The van der Waals surface area contributed by atoms with Crippen LogP contribution in [0.1, 0.15) is 26.5 Å². The zero-order valence-electron chi connectivity index (χ0n) is 11.9. The normalized spacial score (nSPS) is 9.60. The second-order valence-corrected chi connectivity index (χ2v) is 5.47. The van der Waals surface area contributed by atoms with Gasteiger partial charge in [0.25, 0.3) is 5.91 Å². The summed E-state index contributed by atoms with van der Waals surface area (Å²) in [5.41, 5.74) is 6.29. The van der Waals surface area contributed by atoms with E-state index in [-0.39, 0.29) is 11.8 Å². The average molecular weight is 293 g/mol. The van der Waals surface area contributed by atoms with E-state index in [1.54, 1.807) is 20.2 Å². The van der Waals surface area contributed by atoms with Crippen LogP contribution in [0.5, 0.6) is 0 Å². The van der Waals surface area contributed by atoms with Crippen LogP contribution in [0.15, 0.2) is 6.07 Å². The number of hydrogen-bond acceptors (Lipinski definition) is 4. The molecule has 0 radical (unpaired) electrons. The first-order chi connectivity index (χ1) is 9.45. The Kier molecular flexibility index (Phi) is 6.22. The van der Waals surface area contributed by atoms with E-state index in [2.05, 4.69) is 17.2 Å². The molecule has 1 aromatic rings. The van der Waals surface area contributed by atoms with Crippen molar-refractivity contribution in [2.75, 3.05) is 27.2 Å². The molecule has 6 heteroatoms. The molecule has 0 atom stereocenters. The van der Waals surface area contributed by atoms with Crippen LogP contribution >= 0.6 is 11.3 Å². The van der Waals surface area contributed by atoms with Crippen molar-refractivity contribution in [3.05, 3.63) is 21.4 Å². The molecule has 3 N–H and O–H groups in total. The monoisotopic (exact) mass is 293 g/mol. The zero-order valence-corrected chi connectivity index (χ0v) is 12.8. The van der Waals surface area contributed by atoms with E-state index < -0.39 is 0 Å². The zero-order chi connectivity index (χ0) is 15.1. The van der Waals surface area contributed by atoms with Crippen LogP contribution in [-0.2, 0) is 4.79 Å². The quantitative estimate of drug-likeness (QED) is 0.797. The average Bonchev–Trinajstić information content (AvgIpc) is 2.77. The Morgan fingerprint density at radius 2 is 2.15 bits per heavy atom. The Balaban J connectivity index is 2.58. The van der Waals surface area contributed by atoms with E-state index >= 15 is 0 Å². The number of nitrogens with two attached hydrogens (primary N) is 1. The summed E-state index contributed by atoms with van der Waals surface area (Å²) in [5.74, 6) is 5.53. The van der Waals surface area contributed by atoms with Gasteiger partial charge in [0.1, 0.15) is 0 Å². The highest BCUT2D eigenvalue weighted by Crippen LogP contribution is 2.20. The Bertz CT molecular complexity index is 553. The minimum absolute atomic E-state index is 0.0119. The first kappa shape index (κ1) is 16.2. The molecule has 0 fully saturated rings. The predicted molar refractivity (Wildman–Crippen MR) is 80.6 cm³/mol. The van der Waals surface area contributed by atoms with Crippen molar-refractivity contribution in [1.82, 2.24) is 10.2 Å². The smallest absolute Gasteiger partial charge is 0.261 e. The standard InChI is InChI=1S/C14H19N3O2S/c1-10-9-12(20-11(10)5-4-7-15)14(19)16-8-6-13(18)17(2)3/h9H,6-8,15H2,1-3H3,(H,16,19). The topological polar surface area (TPSA) is 75.4 Å². The predicted octanol–water partition coefficient (Wildman–Crippen LogP) is 0.575. The van der Waals surface area contributed by atoms with Crippen molar-refractivity contribution >= 4 is 23.2 Å². The maximum Gasteiger partial charge on any atom is 0.261 e. The number of nitrogens with one attached hydrogen (secondary N) is 1. The molecule has 0 spiro atoms. The molecule has 1 aromatic heterocycles. The van der Waals surface area contributed by atoms with E-state index in [0.717, 1.165) is 10.4 Å². The van der Waals surface area contributed by atoms with Crippen LogP contribution < -0.4 is 11.1 Å². The fourth-order valence-corrected chi connectivity index (χ4v) is 2.41. The second kappa shape index (κ2) is 7.68. The fraction of sp³-hybridized carbons (Fsp3) is 0.429. The van der Waals surface area contributed by atoms with Gasteiger partial charge in [-0.05, 0) is 18.6 Å². The number of aryl methyl sites for hydroxylation is 1. The van der Waals surface area contributed by atoms with Crippen molar-refractivity contribution < 1.29 is 9.59 Å². The van der Waals surface area contributed by atoms with Crippen LogP contribution in [0.2, 0.25) is 0 Å². The van der Waals surface area contributed by atoms with Gasteiger partial charge < -0.3 is 16.0 Å². The van der Waals surface area contributed by atoms with Crippen molar-refractivity contribution in [2.45, 2.75) is 13.3 Å². The van der Waals surface area contributed by atoms with E-state index in [9.17, 15) is 9.59 Å². The molecular weight excluding hydrogens is 274 g/mol. The number of carbonyl (C=O) groups is 2. The molecule has 2 amide bonds. The summed E-state index contributed by atoms with van der Waals surface area (Å²) in [6.07, 6.45) is 0.295. The van der Waals surface area contributed by atoms with Crippen molar-refractivity contribution in [1.29, 1.82) is 0 Å². The number of nitrogens with zero attached hydrogens (tertiary/aromatic N) is 1. The number of amides is 2. The van der Waals surface area contributed by atoms with Gasteiger partial charge in [-0.2, -0.15) is 0 Å². The van der Waals surface area contributed by atoms with Crippen LogP contribution in [0.3, 0.4) is 0 Å². The molecule has 1 rings (SSSR count). The molecule has 5 nitrogen and oxygen atoms in total. The molecule has 0 aromatic carbocycles. The number of hydrogen-bond donors (Lipinski definition) is 2. The minimum Gasteiger partial charge on any atom is -0.351 e. The van der Waals surface area contributed by atoms with Crippen LogP contribution in [0.4, 0.5) is 0 Å². The summed E-state index contributed by atoms with van der Waals surface area (Å²) in [5, 5.41) is 2.73. The largest absolute Gasteiger partial charge is 0.351 e. The summed E-state index contributed by atoms with van der Waals surface area (Å²) in [6, 6.07) is 1.80. The molecule has 0 saturated carbocycles. The Morgan fingerprint density at radius 1 is 1.45 bits per heavy atom. The molecule has 0 bridgehead atoms. The molecule has 0 aliphatic heterocycles. The maximum atomic E-state index is 11.9. The van der Waals surface area contributed by atoms with Crippen molar-refractivity contribution in [3.63, 3.8) is 0 Å². The number of thiophene rings is 1. The molecule has 108 valence electrons. The molecule has 0 aliphatic carbocycles. The highest BCUT2D eigenvalue weighted by molar-refractivity contribution is 7.14. The lowest BCUT2D eigenvalue weighted by Crippen LogP contribution is -2.29. The first-order valence-electron chi connectivity index (χ1n) is 6.23. The first-order valence-corrected chi connectivity index (χ1v) is 7.05. The lowest BCUT2D eigenvalue weighted by molar-refractivity contribution is -0.128. The summed E-state index contributed by atoms with van der Waals surface area (Å²) in [7, 11) is 3.38. The molecule has 1 heterocycles. The van der Waals surface area contributed by atoms with Crippen molar-refractivity contribution in [2.24, 2.45) is 5.73 Å². The number of carbonyl (C=O) groups excluding carboxylic acids is 2. The summed E-state index contributed by atoms with van der Waals surface area (Å²) >= 11 is 1.34. The van der Waals surface area contributed by atoms with Crippen molar-refractivity contribution in [3.8, 4) is 11.8 Å². The van der Waals surface area contributed by atoms with E-state index in [1.807, 2.05) is 6.92 Å². The molecule has 0 aliphatic rings. The van der Waals surface area contributed by atoms with Gasteiger partial charge in [-0.3, -0.25) is 9.59 Å². The summed E-state index contributed by atoms with van der Waals surface area (Å²) in [6.45, 7) is 2.53. The highest BCUT2D eigenvalue weighted by Gasteiger charge is 2.12. The van der Waals surface area contributed by atoms with Crippen LogP contribution in [0.25, 0.3) is 0 Å². The van der Waals surface area contributed by atoms with Gasteiger partial charge in [0, 0.05) is 27.1 Å². The Morgan fingerprint density at radius 3 is 2.75 bits per heavy atom. The van der Waals surface area contributed by atoms with Gasteiger partial charge in [0.15, 0.2) is 0 Å². The SMILES string of the molecule is Cc1cc(C(=O)NCCC(=O)N(C)C)sc1C#CCN. The highest BCUT2D eigenvalue weighted by atomic mass is 32.1. The van der Waals surface area contributed by atoms with Gasteiger partial charge in [0.05, 0.1) is 16.3 Å². The minimum atomic E-state index is -0.176. The van der Waals surface area contributed by atoms with Crippen LogP contribution in [0, 0.1) is 18.8 Å². The van der Waals surface area contributed by atoms with Gasteiger partial charge in [-0.1, -0.05) is 11.8 Å². The van der Waals surface area contributed by atoms with E-state index in [4.69, 9.17) is 5.73 Å². The van der Waals surface area contributed by atoms with E-state index in [1.165, 1.54) is 16.2 Å². The molecule has 20 heavy (non-hydrogen) atoms. The van der Waals surface area contributed by atoms with Gasteiger partial charge in [0.2, 0.25) is 5.91 Å². The van der Waals surface area contributed by atoms with Crippen LogP contribution in [-0.4, -0.2) is 43.9 Å². The Hall–Kier alpha value is -1.84. The van der Waals surface area contributed by atoms with Gasteiger partial charge >= 0.3 is 0 Å². The Labute approximate surface area is 123 Å². The molecular formula is C14H19N3O2S. The third kappa shape index (κ3) is 4.68. The molecule has 0 unspecified atom stereocenters. The lowest BCUT2D eigenvalue weighted by Gasteiger charge is -2.09. The van der Waals surface area contributed by atoms with Gasteiger partial charge in [-0.25, -0.2) is 0 Å². The summed E-state index contributed by atoms with van der Waals surface area (Å²) < 4.78 is 0.